The fraction of sp³-hybridized carbons (Fsp3) is 0.267. The third kappa shape index (κ3) is 2.16. The molecule has 5 heteroatoms. The van der Waals surface area contributed by atoms with Gasteiger partial charge in [0, 0.05) is 18.0 Å². The SMILES string of the molecule is NC1CCC(=O)N(Cc2ccnc3ccccc23)C1=O. The van der Waals surface area contributed by atoms with Crippen molar-refractivity contribution in [1.82, 2.24) is 9.88 Å². The number of benzene rings is 1. The van der Waals surface area contributed by atoms with Crippen molar-refractivity contribution in [1.29, 1.82) is 0 Å². The first-order valence-electron chi connectivity index (χ1n) is 6.59. The molecule has 1 saturated heterocycles. The maximum absolute atomic E-state index is 12.0. The van der Waals surface area contributed by atoms with Gasteiger partial charge in [0.15, 0.2) is 0 Å². The summed E-state index contributed by atoms with van der Waals surface area (Å²) in [6.07, 6.45) is 2.46. The predicted octanol–water partition coefficient (Wildman–Crippen LogP) is 1.21. The number of hydrogen-bond acceptors (Lipinski definition) is 4. The Bertz CT molecular complexity index is 678. The number of hydrogen-bond donors (Lipinski definition) is 1. The van der Waals surface area contributed by atoms with E-state index in [1.807, 2.05) is 30.3 Å². The number of carbonyl (C=O) groups excluding carboxylic acids is 2. The molecule has 1 aromatic carbocycles. The average molecular weight is 269 g/mol. The van der Waals surface area contributed by atoms with Gasteiger partial charge in [-0.1, -0.05) is 18.2 Å². The van der Waals surface area contributed by atoms with Gasteiger partial charge >= 0.3 is 0 Å². The lowest BCUT2D eigenvalue weighted by Crippen LogP contribution is -2.50. The maximum Gasteiger partial charge on any atom is 0.246 e. The molecule has 0 aliphatic carbocycles. The van der Waals surface area contributed by atoms with Crippen LogP contribution in [0, 0.1) is 0 Å². The summed E-state index contributed by atoms with van der Waals surface area (Å²) >= 11 is 0. The number of nitrogens with zero attached hydrogens (tertiary/aromatic N) is 2. The molecule has 1 atom stereocenters. The summed E-state index contributed by atoms with van der Waals surface area (Å²) in [6.45, 7) is 0.258. The van der Waals surface area contributed by atoms with Gasteiger partial charge in [0.25, 0.3) is 0 Å². The smallest absolute Gasteiger partial charge is 0.246 e. The van der Waals surface area contributed by atoms with Crippen molar-refractivity contribution in [2.24, 2.45) is 5.73 Å². The number of pyridine rings is 1. The second kappa shape index (κ2) is 5.02. The van der Waals surface area contributed by atoms with Crippen molar-refractivity contribution in [3.63, 3.8) is 0 Å². The second-order valence-electron chi connectivity index (χ2n) is 4.95. The third-order valence-electron chi connectivity index (χ3n) is 3.62. The summed E-state index contributed by atoms with van der Waals surface area (Å²) in [5, 5.41) is 0.953. The molecule has 0 saturated carbocycles. The Balaban J connectivity index is 1.96. The van der Waals surface area contributed by atoms with Gasteiger partial charge in [-0.15, -0.1) is 0 Å². The number of likely N-dealkylation sites (tertiary alicyclic amines) is 1. The van der Waals surface area contributed by atoms with Gasteiger partial charge in [0.05, 0.1) is 18.1 Å². The maximum atomic E-state index is 12.0. The first kappa shape index (κ1) is 12.7. The normalized spacial score (nSPS) is 19.6. The van der Waals surface area contributed by atoms with Crippen LogP contribution in [0.2, 0.25) is 0 Å². The fourth-order valence-electron chi connectivity index (χ4n) is 2.49. The van der Waals surface area contributed by atoms with Crippen LogP contribution in [-0.2, 0) is 16.1 Å². The molecule has 102 valence electrons. The van der Waals surface area contributed by atoms with E-state index in [4.69, 9.17) is 5.73 Å². The van der Waals surface area contributed by atoms with Crippen molar-refractivity contribution < 1.29 is 9.59 Å². The lowest BCUT2D eigenvalue weighted by atomic mass is 10.0. The van der Waals surface area contributed by atoms with E-state index in [9.17, 15) is 9.59 Å². The van der Waals surface area contributed by atoms with Crippen molar-refractivity contribution >= 4 is 22.7 Å². The van der Waals surface area contributed by atoms with Crippen LogP contribution in [0.1, 0.15) is 18.4 Å². The van der Waals surface area contributed by atoms with Crippen molar-refractivity contribution in [2.75, 3.05) is 0 Å². The number of imide groups is 1. The minimum Gasteiger partial charge on any atom is -0.320 e. The number of carbonyl (C=O) groups is 2. The zero-order valence-electron chi connectivity index (χ0n) is 11.0. The van der Waals surface area contributed by atoms with Crippen LogP contribution in [0.3, 0.4) is 0 Å². The summed E-state index contributed by atoms with van der Waals surface area (Å²) < 4.78 is 0. The zero-order valence-corrected chi connectivity index (χ0v) is 11.0. The molecule has 2 heterocycles. The van der Waals surface area contributed by atoms with Gasteiger partial charge in [0.1, 0.15) is 0 Å². The molecule has 1 unspecified atom stereocenters. The topological polar surface area (TPSA) is 76.3 Å². The Labute approximate surface area is 116 Å². The van der Waals surface area contributed by atoms with Crippen LogP contribution in [0.25, 0.3) is 10.9 Å². The number of para-hydroxylation sites is 1. The number of piperidine rings is 1. The zero-order chi connectivity index (χ0) is 14.1. The molecule has 2 amide bonds. The number of aromatic nitrogens is 1. The van der Waals surface area contributed by atoms with Crippen molar-refractivity contribution in [3.8, 4) is 0 Å². The molecule has 1 aromatic heterocycles. The summed E-state index contributed by atoms with van der Waals surface area (Å²) in [6, 6.07) is 8.94. The standard InChI is InChI=1S/C15H15N3O2/c16-12-5-6-14(19)18(15(12)20)9-10-7-8-17-13-4-2-1-3-11(10)13/h1-4,7-8,12H,5-6,9,16H2. The van der Waals surface area contributed by atoms with Crippen molar-refractivity contribution in [2.45, 2.75) is 25.4 Å². The molecule has 1 aliphatic heterocycles. The van der Waals surface area contributed by atoms with Crippen LogP contribution in [0.5, 0.6) is 0 Å². The summed E-state index contributed by atoms with van der Waals surface area (Å²) in [7, 11) is 0. The predicted molar refractivity (Wildman–Crippen MR) is 74.5 cm³/mol. The van der Waals surface area contributed by atoms with E-state index in [0.29, 0.717) is 12.8 Å². The number of fused-ring (bicyclic) bond motifs is 1. The Morgan fingerprint density at radius 2 is 2.05 bits per heavy atom. The molecule has 0 radical (unpaired) electrons. The first-order valence-corrected chi connectivity index (χ1v) is 6.59. The van der Waals surface area contributed by atoms with E-state index >= 15 is 0 Å². The summed E-state index contributed by atoms with van der Waals surface area (Å²) in [5.41, 5.74) is 7.50. The monoisotopic (exact) mass is 269 g/mol. The van der Waals surface area contributed by atoms with E-state index in [0.717, 1.165) is 16.5 Å². The molecular weight excluding hydrogens is 254 g/mol. The molecule has 1 fully saturated rings. The van der Waals surface area contributed by atoms with E-state index in [1.165, 1.54) is 4.90 Å². The third-order valence-corrected chi connectivity index (χ3v) is 3.62. The Morgan fingerprint density at radius 3 is 2.90 bits per heavy atom. The molecule has 2 N–H and O–H groups in total. The number of amides is 2. The lowest BCUT2D eigenvalue weighted by Gasteiger charge is -2.29. The van der Waals surface area contributed by atoms with E-state index in [-0.39, 0.29) is 18.4 Å². The molecule has 1 aliphatic rings. The first-order chi connectivity index (χ1) is 9.66. The van der Waals surface area contributed by atoms with Crippen LogP contribution in [0.15, 0.2) is 36.5 Å². The highest BCUT2D eigenvalue weighted by Crippen LogP contribution is 2.21. The minimum absolute atomic E-state index is 0.155. The van der Waals surface area contributed by atoms with Crippen LogP contribution < -0.4 is 5.73 Å². The van der Waals surface area contributed by atoms with Crippen molar-refractivity contribution in [3.05, 3.63) is 42.1 Å². The quantitative estimate of drug-likeness (QED) is 0.831. The number of rotatable bonds is 2. The Kier molecular flexibility index (Phi) is 3.20. The highest BCUT2D eigenvalue weighted by molar-refractivity contribution is 6.00. The molecule has 0 bridgehead atoms. The Morgan fingerprint density at radius 1 is 1.25 bits per heavy atom. The molecule has 5 nitrogen and oxygen atoms in total. The summed E-state index contributed by atoms with van der Waals surface area (Å²) in [4.78, 5) is 29.5. The molecule has 0 spiro atoms. The van der Waals surface area contributed by atoms with E-state index in [2.05, 4.69) is 4.98 Å². The van der Waals surface area contributed by atoms with Gasteiger partial charge in [-0.3, -0.25) is 19.5 Å². The minimum atomic E-state index is -0.569. The lowest BCUT2D eigenvalue weighted by molar-refractivity contribution is -0.149. The molecule has 20 heavy (non-hydrogen) atoms. The highest BCUT2D eigenvalue weighted by atomic mass is 16.2. The second-order valence-corrected chi connectivity index (χ2v) is 4.95. The van der Waals surface area contributed by atoms with Crippen LogP contribution in [-0.4, -0.2) is 27.7 Å². The van der Waals surface area contributed by atoms with Gasteiger partial charge < -0.3 is 5.73 Å². The fourth-order valence-corrected chi connectivity index (χ4v) is 2.49. The van der Waals surface area contributed by atoms with E-state index < -0.39 is 6.04 Å². The van der Waals surface area contributed by atoms with E-state index in [1.54, 1.807) is 6.20 Å². The molecule has 2 aromatic rings. The molecular formula is C15H15N3O2. The highest BCUT2D eigenvalue weighted by Gasteiger charge is 2.32. The Hall–Kier alpha value is -2.27. The summed E-state index contributed by atoms with van der Waals surface area (Å²) in [5.74, 6) is -0.445. The van der Waals surface area contributed by atoms with Gasteiger partial charge in [-0.05, 0) is 24.1 Å². The van der Waals surface area contributed by atoms with Crippen LogP contribution >= 0.6 is 0 Å². The van der Waals surface area contributed by atoms with Gasteiger partial charge in [-0.25, -0.2) is 0 Å². The molecule has 3 rings (SSSR count). The van der Waals surface area contributed by atoms with Crippen LogP contribution in [0.4, 0.5) is 0 Å². The average Bonchev–Trinajstić information content (AvgIpc) is 2.48. The largest absolute Gasteiger partial charge is 0.320 e. The number of nitrogens with two attached hydrogens (primary N) is 1. The van der Waals surface area contributed by atoms with Gasteiger partial charge in [0.2, 0.25) is 11.8 Å². The van der Waals surface area contributed by atoms with Gasteiger partial charge in [-0.2, -0.15) is 0 Å².